The highest BCUT2D eigenvalue weighted by Crippen LogP contribution is 2.37. The van der Waals surface area contributed by atoms with Crippen LogP contribution in [-0.4, -0.2) is 36.0 Å². The molecule has 1 heterocycles. The predicted molar refractivity (Wildman–Crippen MR) is 103 cm³/mol. The number of aliphatic hydroxyl groups is 1. The highest BCUT2D eigenvalue weighted by molar-refractivity contribution is 5.90. The summed E-state index contributed by atoms with van der Waals surface area (Å²) in [6.45, 7) is 4.00. The van der Waals surface area contributed by atoms with Gasteiger partial charge in [0.05, 0.1) is 18.7 Å². The number of nitrogens with zero attached hydrogens (tertiary/aromatic N) is 3. The van der Waals surface area contributed by atoms with Crippen LogP contribution in [0.4, 0.5) is 0 Å². The highest BCUT2D eigenvalue weighted by Gasteiger charge is 2.22. The SMILES string of the molecule is CC(C)c1cc(-c2nnc(C(N)=O)n2Cc2ccc(CO)cc2)c(O)cc1O. The van der Waals surface area contributed by atoms with Crippen molar-refractivity contribution in [1.82, 2.24) is 14.8 Å². The largest absolute Gasteiger partial charge is 0.508 e. The van der Waals surface area contributed by atoms with Gasteiger partial charge in [0.15, 0.2) is 5.82 Å². The third kappa shape index (κ3) is 3.67. The Morgan fingerprint density at radius 3 is 2.29 bits per heavy atom. The summed E-state index contributed by atoms with van der Waals surface area (Å²) >= 11 is 0. The van der Waals surface area contributed by atoms with Gasteiger partial charge in [-0.2, -0.15) is 0 Å². The Balaban J connectivity index is 2.12. The normalized spacial score (nSPS) is 11.1. The van der Waals surface area contributed by atoms with E-state index < -0.39 is 5.91 Å². The second-order valence-corrected chi connectivity index (χ2v) is 6.86. The molecule has 0 atom stereocenters. The molecule has 0 aliphatic carbocycles. The molecule has 0 unspecified atom stereocenters. The highest BCUT2D eigenvalue weighted by atomic mass is 16.3. The Kier molecular flexibility index (Phi) is 5.32. The Hall–Kier alpha value is -3.39. The molecule has 0 aliphatic rings. The molecular formula is C20H22N4O4. The van der Waals surface area contributed by atoms with E-state index in [0.717, 1.165) is 11.1 Å². The second-order valence-electron chi connectivity index (χ2n) is 6.86. The van der Waals surface area contributed by atoms with Gasteiger partial charge < -0.3 is 21.1 Å². The number of aromatic hydroxyl groups is 2. The Morgan fingerprint density at radius 2 is 1.71 bits per heavy atom. The summed E-state index contributed by atoms with van der Waals surface area (Å²) in [4.78, 5) is 11.8. The molecule has 8 nitrogen and oxygen atoms in total. The first-order chi connectivity index (χ1) is 13.3. The molecule has 28 heavy (non-hydrogen) atoms. The van der Waals surface area contributed by atoms with Crippen molar-refractivity contribution in [3.63, 3.8) is 0 Å². The summed E-state index contributed by atoms with van der Waals surface area (Å²) in [5, 5.41) is 37.6. The van der Waals surface area contributed by atoms with Gasteiger partial charge in [0.25, 0.3) is 5.91 Å². The van der Waals surface area contributed by atoms with Crippen LogP contribution in [0, 0.1) is 0 Å². The molecule has 0 fully saturated rings. The van der Waals surface area contributed by atoms with E-state index in [4.69, 9.17) is 5.73 Å². The number of aliphatic hydroxyl groups excluding tert-OH is 1. The third-order valence-corrected chi connectivity index (χ3v) is 4.53. The van der Waals surface area contributed by atoms with Gasteiger partial charge in [-0.25, -0.2) is 0 Å². The quantitative estimate of drug-likeness (QED) is 0.516. The maximum Gasteiger partial charge on any atom is 0.286 e. The minimum absolute atomic E-state index is 0.0114. The molecule has 3 aromatic rings. The van der Waals surface area contributed by atoms with Crippen molar-refractivity contribution in [3.8, 4) is 22.9 Å². The smallest absolute Gasteiger partial charge is 0.286 e. The van der Waals surface area contributed by atoms with Crippen LogP contribution in [0.3, 0.4) is 0 Å². The van der Waals surface area contributed by atoms with E-state index in [1.807, 2.05) is 26.0 Å². The molecule has 146 valence electrons. The van der Waals surface area contributed by atoms with E-state index in [-0.39, 0.29) is 42.2 Å². The topological polar surface area (TPSA) is 134 Å². The van der Waals surface area contributed by atoms with Crippen molar-refractivity contribution in [2.45, 2.75) is 32.9 Å². The molecule has 3 rings (SSSR count). The maximum absolute atomic E-state index is 11.8. The molecule has 2 aromatic carbocycles. The van der Waals surface area contributed by atoms with Crippen molar-refractivity contribution >= 4 is 5.91 Å². The van der Waals surface area contributed by atoms with E-state index in [1.165, 1.54) is 10.6 Å². The maximum atomic E-state index is 11.8. The zero-order chi connectivity index (χ0) is 20.4. The van der Waals surface area contributed by atoms with Gasteiger partial charge in [-0.15, -0.1) is 10.2 Å². The van der Waals surface area contributed by atoms with Gasteiger partial charge in [0.1, 0.15) is 11.5 Å². The van der Waals surface area contributed by atoms with E-state index in [0.29, 0.717) is 11.1 Å². The fraction of sp³-hybridized carbons (Fsp3) is 0.250. The number of hydrogen-bond acceptors (Lipinski definition) is 6. The molecular weight excluding hydrogens is 360 g/mol. The third-order valence-electron chi connectivity index (χ3n) is 4.53. The molecule has 5 N–H and O–H groups in total. The number of nitrogens with two attached hydrogens (primary N) is 1. The predicted octanol–water partition coefficient (Wildman–Crippen LogP) is 2.12. The first-order valence-electron chi connectivity index (χ1n) is 8.79. The number of rotatable bonds is 6. The van der Waals surface area contributed by atoms with E-state index in [1.54, 1.807) is 18.2 Å². The molecule has 0 bridgehead atoms. The van der Waals surface area contributed by atoms with Crippen molar-refractivity contribution in [2.24, 2.45) is 5.73 Å². The zero-order valence-electron chi connectivity index (χ0n) is 15.6. The lowest BCUT2D eigenvalue weighted by molar-refractivity contribution is 0.0986. The van der Waals surface area contributed by atoms with Crippen molar-refractivity contribution in [3.05, 3.63) is 58.9 Å². The van der Waals surface area contributed by atoms with Crippen molar-refractivity contribution < 1.29 is 20.1 Å². The summed E-state index contributed by atoms with van der Waals surface area (Å²) in [5.74, 6) is -0.705. The number of phenolic OH excluding ortho intramolecular Hbond substituents is 2. The van der Waals surface area contributed by atoms with Gasteiger partial charge >= 0.3 is 0 Å². The average Bonchev–Trinajstić information content (AvgIpc) is 3.05. The number of amides is 1. The van der Waals surface area contributed by atoms with E-state index >= 15 is 0 Å². The van der Waals surface area contributed by atoms with Crippen molar-refractivity contribution in [1.29, 1.82) is 0 Å². The van der Waals surface area contributed by atoms with Crippen LogP contribution >= 0.6 is 0 Å². The van der Waals surface area contributed by atoms with Gasteiger partial charge in [0.2, 0.25) is 5.82 Å². The van der Waals surface area contributed by atoms with Crippen LogP contribution in [-0.2, 0) is 13.2 Å². The summed E-state index contributed by atoms with van der Waals surface area (Å²) in [7, 11) is 0. The molecule has 1 amide bonds. The zero-order valence-corrected chi connectivity index (χ0v) is 15.6. The number of carbonyl (C=O) groups excluding carboxylic acids is 1. The molecule has 1 aromatic heterocycles. The summed E-state index contributed by atoms with van der Waals surface area (Å²) in [6, 6.07) is 10.1. The van der Waals surface area contributed by atoms with Crippen LogP contribution in [0.2, 0.25) is 0 Å². The minimum atomic E-state index is -0.743. The number of benzene rings is 2. The lowest BCUT2D eigenvalue weighted by atomic mass is 9.98. The molecule has 0 radical (unpaired) electrons. The lowest BCUT2D eigenvalue weighted by Gasteiger charge is -2.14. The van der Waals surface area contributed by atoms with E-state index in [9.17, 15) is 20.1 Å². The number of aromatic nitrogens is 3. The molecule has 8 heteroatoms. The van der Waals surface area contributed by atoms with Crippen molar-refractivity contribution in [2.75, 3.05) is 0 Å². The Morgan fingerprint density at radius 1 is 1.07 bits per heavy atom. The monoisotopic (exact) mass is 382 g/mol. The van der Waals surface area contributed by atoms with Crippen LogP contribution in [0.1, 0.15) is 47.1 Å². The second kappa shape index (κ2) is 7.69. The fourth-order valence-electron chi connectivity index (χ4n) is 3.00. The van der Waals surface area contributed by atoms with Gasteiger partial charge in [-0.3, -0.25) is 9.36 Å². The van der Waals surface area contributed by atoms with Gasteiger partial charge in [-0.05, 0) is 28.7 Å². The first kappa shape index (κ1) is 19.4. The van der Waals surface area contributed by atoms with Crippen LogP contribution in [0.25, 0.3) is 11.4 Å². The van der Waals surface area contributed by atoms with Gasteiger partial charge in [0, 0.05) is 6.07 Å². The molecule has 0 saturated heterocycles. The van der Waals surface area contributed by atoms with Crippen LogP contribution in [0.5, 0.6) is 11.5 Å². The first-order valence-corrected chi connectivity index (χ1v) is 8.79. The standard InChI is InChI=1S/C20H22N4O4/c1-11(2)14-7-15(17(27)8-16(14)26)19-22-23-20(18(21)28)24(19)9-12-3-5-13(10-25)6-4-12/h3-8,11,25-27H,9-10H2,1-2H3,(H2,21,28). The molecule has 0 spiro atoms. The van der Waals surface area contributed by atoms with Crippen LogP contribution in [0.15, 0.2) is 36.4 Å². The van der Waals surface area contributed by atoms with Crippen LogP contribution < -0.4 is 5.73 Å². The Bertz CT molecular complexity index is 1010. The lowest BCUT2D eigenvalue weighted by Crippen LogP contribution is -2.19. The average molecular weight is 382 g/mol. The van der Waals surface area contributed by atoms with E-state index in [2.05, 4.69) is 10.2 Å². The number of hydrogen-bond donors (Lipinski definition) is 4. The minimum Gasteiger partial charge on any atom is -0.508 e. The summed E-state index contributed by atoms with van der Waals surface area (Å²) in [5.41, 5.74) is 8.02. The number of phenols is 2. The molecule has 0 aliphatic heterocycles. The number of primary amides is 1. The van der Waals surface area contributed by atoms with Gasteiger partial charge in [-0.1, -0.05) is 38.1 Å². The fourth-order valence-corrected chi connectivity index (χ4v) is 3.00. The summed E-state index contributed by atoms with van der Waals surface area (Å²) < 4.78 is 1.52. The summed E-state index contributed by atoms with van der Waals surface area (Å²) in [6.07, 6.45) is 0. The number of carbonyl (C=O) groups is 1. The molecule has 0 saturated carbocycles. The Labute approximate surface area is 161 Å².